The van der Waals surface area contributed by atoms with Crippen LogP contribution in [0.3, 0.4) is 0 Å². The standard InChI is InChI=1S/C24H26FN7OS/c1-14-6-9-26-20(12-14)34-31-19-5-4-16(13-18(19)25)22-27-23-21(15(2)29-30-23)24(28-22)33-17-7-10-32(3)11-8-17/h4-6,9,12-13,17,31H,7-8,10-11H2,1-3H3,(H,27,28,29,30). The van der Waals surface area contributed by atoms with Crippen molar-refractivity contribution in [2.75, 3.05) is 24.9 Å². The first kappa shape index (κ1) is 22.5. The number of halogens is 1. The van der Waals surface area contributed by atoms with Gasteiger partial charge in [-0.25, -0.2) is 14.4 Å². The molecule has 0 spiro atoms. The van der Waals surface area contributed by atoms with Crippen LogP contribution >= 0.6 is 11.9 Å². The predicted molar refractivity (Wildman–Crippen MR) is 131 cm³/mol. The summed E-state index contributed by atoms with van der Waals surface area (Å²) < 4.78 is 24.3. The predicted octanol–water partition coefficient (Wildman–Crippen LogP) is 4.76. The normalized spacial score (nSPS) is 15.1. The summed E-state index contributed by atoms with van der Waals surface area (Å²) >= 11 is 1.26. The van der Waals surface area contributed by atoms with Gasteiger partial charge < -0.3 is 14.4 Å². The number of ether oxygens (including phenoxy) is 1. The number of fused-ring (bicyclic) bond motifs is 1. The maximum absolute atomic E-state index is 14.9. The van der Waals surface area contributed by atoms with Crippen LogP contribution in [-0.2, 0) is 0 Å². The molecule has 1 fully saturated rings. The molecule has 1 aromatic carbocycles. The van der Waals surface area contributed by atoms with Crippen LogP contribution < -0.4 is 9.46 Å². The van der Waals surface area contributed by atoms with E-state index in [0.717, 1.165) is 47.6 Å². The van der Waals surface area contributed by atoms with Gasteiger partial charge in [-0.15, -0.1) is 0 Å². The minimum atomic E-state index is -0.405. The minimum absolute atomic E-state index is 0.0759. The Morgan fingerprint density at radius 2 is 1.97 bits per heavy atom. The van der Waals surface area contributed by atoms with Gasteiger partial charge in [-0.2, -0.15) is 10.1 Å². The highest BCUT2D eigenvalue weighted by atomic mass is 32.2. The summed E-state index contributed by atoms with van der Waals surface area (Å²) in [6.45, 7) is 5.86. The van der Waals surface area contributed by atoms with Crippen molar-refractivity contribution in [2.45, 2.75) is 37.8 Å². The number of hydrogen-bond acceptors (Lipinski definition) is 8. The fraction of sp³-hybridized carbons (Fsp3) is 0.333. The van der Waals surface area contributed by atoms with Crippen molar-refractivity contribution >= 4 is 28.7 Å². The smallest absolute Gasteiger partial charge is 0.228 e. The number of hydrogen-bond donors (Lipinski definition) is 2. The average molecular weight is 480 g/mol. The van der Waals surface area contributed by atoms with Gasteiger partial charge >= 0.3 is 0 Å². The second-order valence-electron chi connectivity index (χ2n) is 8.59. The molecule has 34 heavy (non-hydrogen) atoms. The Hall–Kier alpha value is -3.24. The maximum Gasteiger partial charge on any atom is 0.228 e. The molecule has 3 aromatic heterocycles. The second kappa shape index (κ2) is 9.55. The average Bonchev–Trinajstić information content (AvgIpc) is 3.20. The Labute approximate surface area is 201 Å². The van der Waals surface area contributed by atoms with Gasteiger partial charge in [0.15, 0.2) is 11.5 Å². The highest BCUT2D eigenvalue weighted by Gasteiger charge is 2.22. The van der Waals surface area contributed by atoms with Crippen molar-refractivity contribution in [2.24, 2.45) is 0 Å². The van der Waals surface area contributed by atoms with Gasteiger partial charge in [0.2, 0.25) is 5.88 Å². The molecule has 176 valence electrons. The molecular weight excluding hydrogens is 453 g/mol. The molecule has 1 saturated heterocycles. The van der Waals surface area contributed by atoms with Gasteiger partial charge in [0.1, 0.15) is 22.3 Å². The Morgan fingerprint density at radius 3 is 2.74 bits per heavy atom. The van der Waals surface area contributed by atoms with Crippen LogP contribution in [0.5, 0.6) is 5.88 Å². The molecule has 0 radical (unpaired) electrons. The van der Waals surface area contributed by atoms with Crippen LogP contribution in [0, 0.1) is 19.7 Å². The zero-order valence-corrected chi connectivity index (χ0v) is 20.1. The Bertz CT molecular complexity index is 1320. The van der Waals surface area contributed by atoms with E-state index < -0.39 is 5.82 Å². The summed E-state index contributed by atoms with van der Waals surface area (Å²) in [6, 6.07) is 8.74. The molecular formula is C24H26FN7OS. The molecule has 0 atom stereocenters. The zero-order chi connectivity index (χ0) is 23.7. The summed E-state index contributed by atoms with van der Waals surface area (Å²) in [6.07, 6.45) is 3.66. The van der Waals surface area contributed by atoms with Crippen LogP contribution in [0.2, 0.25) is 0 Å². The number of likely N-dealkylation sites (tertiary alicyclic amines) is 1. The van der Waals surface area contributed by atoms with E-state index in [9.17, 15) is 4.39 Å². The lowest BCUT2D eigenvalue weighted by Gasteiger charge is -2.29. The molecule has 1 aliphatic rings. The van der Waals surface area contributed by atoms with Crippen molar-refractivity contribution in [3.63, 3.8) is 0 Å². The van der Waals surface area contributed by atoms with E-state index >= 15 is 0 Å². The van der Waals surface area contributed by atoms with Gasteiger partial charge in [0.05, 0.1) is 5.69 Å². The van der Waals surface area contributed by atoms with Gasteiger partial charge in [-0.3, -0.25) is 5.10 Å². The number of piperidine rings is 1. The third-order valence-corrected chi connectivity index (χ3v) is 6.64. The van der Waals surface area contributed by atoms with Crippen molar-refractivity contribution in [3.05, 3.63) is 53.6 Å². The number of anilines is 1. The first-order valence-electron chi connectivity index (χ1n) is 11.2. The molecule has 1 aliphatic heterocycles. The van der Waals surface area contributed by atoms with E-state index in [1.807, 2.05) is 26.0 Å². The fourth-order valence-electron chi connectivity index (χ4n) is 3.91. The van der Waals surface area contributed by atoms with Crippen LogP contribution in [-0.4, -0.2) is 56.3 Å². The number of benzene rings is 1. The highest BCUT2D eigenvalue weighted by molar-refractivity contribution is 8.00. The second-order valence-corrected chi connectivity index (χ2v) is 9.42. The third-order valence-electron chi connectivity index (χ3n) is 5.89. The molecule has 0 saturated carbocycles. The fourth-order valence-corrected chi connectivity index (χ4v) is 4.65. The Kier molecular flexibility index (Phi) is 6.34. The van der Waals surface area contributed by atoms with Crippen molar-refractivity contribution in [3.8, 4) is 17.3 Å². The Morgan fingerprint density at radius 1 is 1.15 bits per heavy atom. The number of nitrogens with zero attached hydrogens (tertiary/aromatic N) is 5. The largest absolute Gasteiger partial charge is 0.474 e. The number of aromatic amines is 1. The summed E-state index contributed by atoms with van der Waals surface area (Å²) in [5.74, 6) is 0.460. The molecule has 4 aromatic rings. The lowest BCUT2D eigenvalue weighted by molar-refractivity contribution is 0.111. The number of pyridine rings is 1. The number of aromatic nitrogens is 5. The molecule has 8 nitrogen and oxygen atoms in total. The number of nitrogens with one attached hydrogen (secondary N) is 2. The SMILES string of the molecule is Cc1ccnc(SNc2ccc(-c3nc(OC4CCN(C)CC4)c4c(C)[nH]nc4n3)cc2F)c1. The molecule has 10 heteroatoms. The molecule has 4 heterocycles. The number of H-pyrrole nitrogens is 1. The lowest BCUT2D eigenvalue weighted by atomic mass is 10.1. The van der Waals surface area contributed by atoms with Crippen LogP contribution in [0.25, 0.3) is 22.4 Å². The van der Waals surface area contributed by atoms with Crippen molar-refractivity contribution < 1.29 is 9.13 Å². The van der Waals surface area contributed by atoms with E-state index in [-0.39, 0.29) is 6.10 Å². The van der Waals surface area contributed by atoms with E-state index in [0.29, 0.717) is 28.6 Å². The highest BCUT2D eigenvalue weighted by Crippen LogP contribution is 2.31. The zero-order valence-electron chi connectivity index (χ0n) is 19.3. The summed E-state index contributed by atoms with van der Waals surface area (Å²) in [7, 11) is 2.11. The van der Waals surface area contributed by atoms with Crippen LogP contribution in [0.15, 0.2) is 41.6 Å². The van der Waals surface area contributed by atoms with E-state index in [1.165, 1.54) is 18.0 Å². The van der Waals surface area contributed by atoms with Gasteiger partial charge in [-0.05, 0) is 69.6 Å². The van der Waals surface area contributed by atoms with E-state index in [2.05, 4.69) is 41.8 Å². The molecule has 0 unspecified atom stereocenters. The monoisotopic (exact) mass is 479 g/mol. The van der Waals surface area contributed by atoms with E-state index in [4.69, 9.17) is 4.74 Å². The lowest BCUT2D eigenvalue weighted by Crippen LogP contribution is -2.35. The first-order valence-corrected chi connectivity index (χ1v) is 12.0. The molecule has 5 rings (SSSR count). The number of aryl methyl sites for hydroxylation is 2. The summed E-state index contributed by atoms with van der Waals surface area (Å²) in [4.78, 5) is 15.8. The van der Waals surface area contributed by atoms with Gasteiger partial charge in [0.25, 0.3) is 0 Å². The van der Waals surface area contributed by atoms with Crippen molar-refractivity contribution in [1.29, 1.82) is 0 Å². The van der Waals surface area contributed by atoms with E-state index in [1.54, 1.807) is 18.3 Å². The van der Waals surface area contributed by atoms with Gasteiger partial charge in [0, 0.05) is 42.5 Å². The molecule has 2 N–H and O–H groups in total. The summed E-state index contributed by atoms with van der Waals surface area (Å²) in [5, 5.41) is 8.80. The topological polar surface area (TPSA) is 91.9 Å². The van der Waals surface area contributed by atoms with Crippen molar-refractivity contribution in [1.82, 2.24) is 30.0 Å². The minimum Gasteiger partial charge on any atom is -0.474 e. The van der Waals surface area contributed by atoms with Gasteiger partial charge in [-0.1, -0.05) is 0 Å². The first-order chi connectivity index (χ1) is 16.5. The maximum atomic E-state index is 14.9. The number of rotatable bonds is 6. The quantitative estimate of drug-likeness (QED) is 0.383. The molecule has 0 aliphatic carbocycles. The molecule has 0 bridgehead atoms. The van der Waals surface area contributed by atoms with Crippen LogP contribution in [0.4, 0.5) is 10.1 Å². The molecule has 0 amide bonds. The van der Waals surface area contributed by atoms with Crippen LogP contribution in [0.1, 0.15) is 24.1 Å². The summed E-state index contributed by atoms with van der Waals surface area (Å²) in [5.41, 5.74) is 3.36. The Balaban J connectivity index is 1.40. The third kappa shape index (κ3) is 4.83.